The molecule has 0 fully saturated rings. The van der Waals surface area contributed by atoms with Crippen LogP contribution in [0.25, 0.3) is 11.4 Å². The molecule has 0 saturated heterocycles. The summed E-state index contributed by atoms with van der Waals surface area (Å²) in [6.07, 6.45) is 1.06. The number of hydrogen-bond donors (Lipinski definition) is 0. The van der Waals surface area contributed by atoms with E-state index in [1.54, 1.807) is 23.1 Å². The second-order valence-corrected chi connectivity index (χ2v) is 7.31. The van der Waals surface area contributed by atoms with Crippen molar-refractivity contribution < 1.29 is 0 Å². The number of thiophene rings is 1. The largest absolute Gasteiger partial charge is 0.305 e. The van der Waals surface area contributed by atoms with Gasteiger partial charge in [0.25, 0.3) is 0 Å². The van der Waals surface area contributed by atoms with E-state index in [9.17, 15) is 0 Å². The maximum Gasteiger partial charge on any atom is 0.191 e. The third-order valence-corrected chi connectivity index (χ3v) is 5.80. The van der Waals surface area contributed by atoms with Crippen LogP contribution in [0.3, 0.4) is 0 Å². The Bertz CT molecular complexity index is 762. The quantitative estimate of drug-likeness (QED) is 0.604. The van der Waals surface area contributed by atoms with Crippen LogP contribution in [0, 0.1) is 0 Å². The van der Waals surface area contributed by atoms with E-state index >= 15 is 0 Å². The summed E-state index contributed by atoms with van der Waals surface area (Å²) in [4.78, 5) is 1.37. The highest BCUT2D eigenvalue weighted by Crippen LogP contribution is 2.28. The third kappa shape index (κ3) is 3.37. The number of benzene rings is 1. The number of nitrogens with zero attached hydrogens (tertiary/aromatic N) is 3. The molecule has 0 radical (unpaired) electrons. The van der Waals surface area contributed by atoms with Crippen molar-refractivity contribution in [3.8, 4) is 11.4 Å². The van der Waals surface area contributed by atoms with Crippen LogP contribution in [0.4, 0.5) is 0 Å². The van der Waals surface area contributed by atoms with Crippen molar-refractivity contribution in [3.63, 3.8) is 0 Å². The van der Waals surface area contributed by atoms with Crippen LogP contribution in [0.5, 0.6) is 0 Å². The van der Waals surface area contributed by atoms with Gasteiger partial charge < -0.3 is 4.57 Å². The predicted molar refractivity (Wildman–Crippen MR) is 94.7 cm³/mol. The molecule has 0 aliphatic carbocycles. The number of rotatable bonds is 5. The SMILES string of the molecule is CCc1cc(-c2nnc(SCc3ccc(Cl)cc3)n2C)cs1. The zero-order valence-corrected chi connectivity index (χ0v) is 14.8. The van der Waals surface area contributed by atoms with E-state index in [-0.39, 0.29) is 0 Å². The van der Waals surface area contributed by atoms with Crippen molar-refractivity contribution in [3.05, 3.63) is 51.2 Å². The van der Waals surface area contributed by atoms with Gasteiger partial charge in [0.15, 0.2) is 11.0 Å². The molecule has 2 heterocycles. The van der Waals surface area contributed by atoms with E-state index in [1.807, 2.05) is 31.3 Å². The van der Waals surface area contributed by atoms with Crippen molar-refractivity contribution in [1.29, 1.82) is 0 Å². The lowest BCUT2D eigenvalue weighted by molar-refractivity contribution is 0.794. The molecule has 6 heteroatoms. The van der Waals surface area contributed by atoms with Crippen LogP contribution in [-0.2, 0) is 19.2 Å². The monoisotopic (exact) mass is 349 g/mol. The van der Waals surface area contributed by atoms with Gasteiger partial charge >= 0.3 is 0 Å². The maximum atomic E-state index is 5.91. The highest BCUT2D eigenvalue weighted by molar-refractivity contribution is 7.98. The van der Waals surface area contributed by atoms with E-state index in [1.165, 1.54) is 10.4 Å². The lowest BCUT2D eigenvalue weighted by atomic mass is 10.2. The van der Waals surface area contributed by atoms with Gasteiger partial charge in [0, 0.05) is 33.6 Å². The van der Waals surface area contributed by atoms with Crippen molar-refractivity contribution in [2.75, 3.05) is 0 Å². The Kier molecular flexibility index (Phi) is 4.86. The summed E-state index contributed by atoms with van der Waals surface area (Å²) in [5, 5.41) is 12.5. The lowest BCUT2D eigenvalue weighted by Gasteiger charge is -2.03. The van der Waals surface area contributed by atoms with Crippen LogP contribution in [-0.4, -0.2) is 14.8 Å². The highest BCUT2D eigenvalue weighted by atomic mass is 35.5. The first-order valence-corrected chi connectivity index (χ1v) is 9.26. The summed E-state index contributed by atoms with van der Waals surface area (Å²) in [5.41, 5.74) is 2.37. The molecule has 3 rings (SSSR count). The predicted octanol–water partition coefficient (Wildman–Crippen LogP) is 5.05. The molecule has 1 aromatic carbocycles. The van der Waals surface area contributed by atoms with Crippen LogP contribution in [0.15, 0.2) is 40.9 Å². The van der Waals surface area contributed by atoms with Gasteiger partial charge in [0.2, 0.25) is 0 Å². The van der Waals surface area contributed by atoms with Crippen molar-refractivity contribution >= 4 is 34.7 Å². The number of hydrogen-bond acceptors (Lipinski definition) is 4. The number of aryl methyl sites for hydroxylation is 1. The van der Waals surface area contributed by atoms with Crippen LogP contribution in [0.1, 0.15) is 17.4 Å². The average molecular weight is 350 g/mol. The Hall–Kier alpha value is -1.30. The molecule has 3 aromatic rings. The second-order valence-electron chi connectivity index (χ2n) is 4.94. The van der Waals surface area contributed by atoms with Gasteiger partial charge in [-0.1, -0.05) is 42.4 Å². The van der Waals surface area contributed by atoms with Crippen molar-refractivity contribution in [2.45, 2.75) is 24.3 Å². The molecule has 0 N–H and O–H groups in total. The lowest BCUT2D eigenvalue weighted by Crippen LogP contribution is -1.94. The standard InChI is InChI=1S/C16H16ClN3S2/c1-3-14-8-12(10-21-14)15-18-19-16(20(15)2)22-9-11-4-6-13(17)7-5-11/h4-8,10H,3,9H2,1-2H3. The molecule has 0 atom stereocenters. The Morgan fingerprint density at radius 3 is 2.68 bits per heavy atom. The molecule has 3 nitrogen and oxygen atoms in total. The zero-order valence-electron chi connectivity index (χ0n) is 12.4. The first kappa shape index (κ1) is 15.6. The average Bonchev–Trinajstić information content (AvgIpc) is 3.13. The zero-order chi connectivity index (χ0) is 15.5. The first-order chi connectivity index (χ1) is 10.7. The van der Waals surface area contributed by atoms with Crippen LogP contribution in [0.2, 0.25) is 5.02 Å². The van der Waals surface area contributed by atoms with Crippen LogP contribution >= 0.6 is 34.7 Å². The van der Waals surface area contributed by atoms with Gasteiger partial charge in [-0.2, -0.15) is 0 Å². The molecule has 0 aliphatic rings. The summed E-state index contributed by atoms with van der Waals surface area (Å²) in [7, 11) is 2.02. The van der Waals surface area contributed by atoms with Gasteiger partial charge in [0.1, 0.15) is 0 Å². The minimum absolute atomic E-state index is 0.763. The summed E-state index contributed by atoms with van der Waals surface area (Å²) >= 11 is 9.36. The summed E-state index contributed by atoms with van der Waals surface area (Å²) < 4.78 is 2.06. The summed E-state index contributed by atoms with van der Waals surface area (Å²) in [6.45, 7) is 2.17. The van der Waals surface area contributed by atoms with E-state index in [0.29, 0.717) is 0 Å². The number of aromatic nitrogens is 3. The fourth-order valence-electron chi connectivity index (χ4n) is 2.10. The molecule has 0 amide bonds. The van der Waals surface area contributed by atoms with Crippen molar-refractivity contribution in [2.24, 2.45) is 7.05 Å². The topological polar surface area (TPSA) is 30.7 Å². The Morgan fingerprint density at radius 2 is 2.00 bits per heavy atom. The molecule has 0 unspecified atom stereocenters. The Balaban J connectivity index is 1.74. The minimum atomic E-state index is 0.763. The molecule has 0 spiro atoms. The van der Waals surface area contributed by atoms with Gasteiger partial charge in [-0.3, -0.25) is 0 Å². The fraction of sp³-hybridized carbons (Fsp3) is 0.250. The third-order valence-electron chi connectivity index (χ3n) is 3.38. The van der Waals surface area contributed by atoms with Gasteiger partial charge in [-0.05, 0) is 30.2 Å². The number of thioether (sulfide) groups is 1. The molecule has 0 saturated carbocycles. The van der Waals surface area contributed by atoms with Crippen molar-refractivity contribution in [1.82, 2.24) is 14.8 Å². The van der Waals surface area contributed by atoms with E-state index in [2.05, 4.69) is 33.1 Å². The van der Waals surface area contributed by atoms with E-state index < -0.39 is 0 Å². The molecule has 2 aromatic heterocycles. The minimum Gasteiger partial charge on any atom is -0.305 e. The van der Waals surface area contributed by atoms with Gasteiger partial charge in [-0.25, -0.2) is 0 Å². The van der Waals surface area contributed by atoms with Gasteiger partial charge in [0.05, 0.1) is 0 Å². The summed E-state index contributed by atoms with van der Waals surface area (Å²) in [5.74, 6) is 1.78. The molecule has 0 aliphatic heterocycles. The molecule has 0 bridgehead atoms. The fourth-order valence-corrected chi connectivity index (χ4v) is 3.91. The second kappa shape index (κ2) is 6.86. The Labute approximate surface area is 143 Å². The Morgan fingerprint density at radius 1 is 1.23 bits per heavy atom. The van der Waals surface area contributed by atoms with E-state index in [0.717, 1.165) is 33.7 Å². The molecule has 114 valence electrons. The highest BCUT2D eigenvalue weighted by Gasteiger charge is 2.12. The van der Waals surface area contributed by atoms with E-state index in [4.69, 9.17) is 11.6 Å². The first-order valence-electron chi connectivity index (χ1n) is 7.01. The van der Waals surface area contributed by atoms with Crippen LogP contribution < -0.4 is 0 Å². The normalized spacial score (nSPS) is 11.0. The van der Waals surface area contributed by atoms with Gasteiger partial charge in [-0.15, -0.1) is 21.5 Å². The molecular weight excluding hydrogens is 334 g/mol. The summed E-state index contributed by atoms with van der Waals surface area (Å²) in [6, 6.07) is 10.1. The molecule has 22 heavy (non-hydrogen) atoms. The molecular formula is C16H16ClN3S2. The smallest absolute Gasteiger partial charge is 0.191 e. The maximum absolute atomic E-state index is 5.91. The number of halogens is 1.